The van der Waals surface area contributed by atoms with Crippen molar-refractivity contribution in [2.75, 3.05) is 12.5 Å². The number of rotatable bonds is 2. The van der Waals surface area contributed by atoms with Crippen LogP contribution in [-0.4, -0.2) is 18.6 Å². The second-order valence-electron chi connectivity index (χ2n) is 2.99. The molecule has 0 atom stereocenters. The molecule has 1 aliphatic rings. The number of nitrogens with zero attached hydrogens (tertiary/aromatic N) is 1. The quantitative estimate of drug-likeness (QED) is 0.437. The number of hydrogen-bond acceptors (Lipinski definition) is 5. The van der Waals surface area contributed by atoms with E-state index in [-0.39, 0.29) is 12.6 Å². The van der Waals surface area contributed by atoms with Crippen LogP contribution in [0.15, 0.2) is 23.3 Å². The molecule has 0 spiro atoms. The van der Waals surface area contributed by atoms with E-state index in [2.05, 4.69) is 11.7 Å². The normalized spacial score (nSPS) is 14.0. The van der Waals surface area contributed by atoms with Crippen molar-refractivity contribution < 1.29 is 14.6 Å². The lowest BCUT2D eigenvalue weighted by Gasteiger charge is -2.05. The Bertz CT molecular complexity index is 441. The number of nitrogen functional groups attached to an aromatic ring is 1. The van der Waals surface area contributed by atoms with E-state index < -0.39 is 0 Å². The average Bonchev–Trinajstić information content (AvgIpc) is 2.63. The molecule has 1 aromatic carbocycles. The largest absolute Gasteiger partial charge is 0.506 e. The van der Waals surface area contributed by atoms with Gasteiger partial charge < -0.3 is 20.3 Å². The molecule has 3 N–H and O–H groups in total. The van der Waals surface area contributed by atoms with Gasteiger partial charge in [-0.2, -0.15) is 0 Å². The third-order valence-corrected chi connectivity index (χ3v) is 2.03. The fourth-order valence-corrected chi connectivity index (χ4v) is 1.34. The summed E-state index contributed by atoms with van der Waals surface area (Å²) in [6, 6.07) is 3.21. The van der Waals surface area contributed by atoms with E-state index >= 15 is 0 Å². The summed E-state index contributed by atoms with van der Waals surface area (Å²) in [5.74, 6) is 1.08. The Kier molecular flexibility index (Phi) is 2.21. The lowest BCUT2D eigenvalue weighted by atomic mass is 10.1. The van der Waals surface area contributed by atoms with Crippen molar-refractivity contribution in [3.63, 3.8) is 0 Å². The standard InChI is InChI=1S/C10H10N2O3/c1-12-4-8(13)6-2-9-10(3-7(6)11)15-5-14-9/h2-4,13H,1,5,11H2/b8-4+. The van der Waals surface area contributed by atoms with E-state index in [0.29, 0.717) is 22.7 Å². The van der Waals surface area contributed by atoms with Crippen molar-refractivity contribution >= 4 is 18.2 Å². The number of fused-ring (bicyclic) bond motifs is 1. The molecule has 5 heteroatoms. The maximum atomic E-state index is 9.58. The zero-order valence-corrected chi connectivity index (χ0v) is 7.93. The number of aliphatic hydroxyl groups excluding tert-OH is 1. The van der Waals surface area contributed by atoms with Gasteiger partial charge in [0.1, 0.15) is 5.76 Å². The number of anilines is 1. The number of hydrogen-bond donors (Lipinski definition) is 2. The van der Waals surface area contributed by atoms with Gasteiger partial charge in [0.2, 0.25) is 6.79 Å². The number of nitrogens with two attached hydrogens (primary N) is 1. The van der Waals surface area contributed by atoms with E-state index in [1.807, 2.05) is 0 Å². The van der Waals surface area contributed by atoms with E-state index in [1.54, 1.807) is 12.1 Å². The zero-order chi connectivity index (χ0) is 10.8. The third kappa shape index (κ3) is 1.59. The second-order valence-corrected chi connectivity index (χ2v) is 2.99. The zero-order valence-electron chi connectivity index (χ0n) is 7.93. The summed E-state index contributed by atoms with van der Waals surface area (Å²) in [6.45, 7) is 3.41. The Hall–Kier alpha value is -2.17. The van der Waals surface area contributed by atoms with Crippen LogP contribution in [0.3, 0.4) is 0 Å². The molecular weight excluding hydrogens is 196 g/mol. The van der Waals surface area contributed by atoms with Crippen LogP contribution in [0.1, 0.15) is 5.56 Å². The molecule has 0 fully saturated rings. The smallest absolute Gasteiger partial charge is 0.231 e. The van der Waals surface area contributed by atoms with Crippen molar-refractivity contribution in [2.45, 2.75) is 0 Å². The highest BCUT2D eigenvalue weighted by Gasteiger charge is 2.17. The summed E-state index contributed by atoms with van der Waals surface area (Å²) in [5.41, 5.74) is 6.58. The predicted octanol–water partition coefficient (Wildman–Crippen LogP) is 1.55. The summed E-state index contributed by atoms with van der Waals surface area (Å²) in [7, 11) is 0. The fraction of sp³-hybridized carbons (Fsp3) is 0.100. The predicted molar refractivity (Wildman–Crippen MR) is 57.1 cm³/mol. The van der Waals surface area contributed by atoms with E-state index in [4.69, 9.17) is 15.2 Å². The second kappa shape index (κ2) is 3.53. The van der Waals surface area contributed by atoms with Gasteiger partial charge >= 0.3 is 0 Å². The summed E-state index contributed by atoms with van der Waals surface area (Å²) < 4.78 is 10.3. The molecule has 1 heterocycles. The third-order valence-electron chi connectivity index (χ3n) is 2.03. The van der Waals surface area contributed by atoms with Gasteiger partial charge in [-0.1, -0.05) is 0 Å². The first-order valence-corrected chi connectivity index (χ1v) is 4.27. The lowest BCUT2D eigenvalue weighted by Crippen LogP contribution is -1.93. The van der Waals surface area contributed by atoms with Gasteiger partial charge in [0.05, 0.1) is 6.20 Å². The lowest BCUT2D eigenvalue weighted by molar-refractivity contribution is 0.174. The summed E-state index contributed by atoms with van der Waals surface area (Å²) >= 11 is 0. The van der Waals surface area contributed by atoms with Gasteiger partial charge in [-0.15, -0.1) is 0 Å². The van der Waals surface area contributed by atoms with E-state index in [0.717, 1.165) is 0 Å². The van der Waals surface area contributed by atoms with Crippen molar-refractivity contribution in [3.8, 4) is 11.5 Å². The first-order chi connectivity index (χ1) is 7.22. The Morgan fingerprint density at radius 3 is 2.80 bits per heavy atom. The molecule has 0 aromatic heterocycles. The topological polar surface area (TPSA) is 77.1 Å². The molecular formula is C10H10N2O3. The molecule has 1 aliphatic heterocycles. The Morgan fingerprint density at radius 1 is 1.47 bits per heavy atom. The Labute approximate surface area is 86.5 Å². The maximum absolute atomic E-state index is 9.58. The molecule has 5 nitrogen and oxygen atoms in total. The van der Waals surface area contributed by atoms with Crippen LogP contribution in [0.5, 0.6) is 11.5 Å². The first-order valence-electron chi connectivity index (χ1n) is 4.27. The highest BCUT2D eigenvalue weighted by Crippen LogP contribution is 2.37. The highest BCUT2D eigenvalue weighted by molar-refractivity contribution is 5.74. The van der Waals surface area contributed by atoms with Gasteiger partial charge in [0, 0.05) is 17.3 Å². The van der Waals surface area contributed by atoms with Crippen LogP contribution >= 0.6 is 0 Å². The van der Waals surface area contributed by atoms with Crippen LogP contribution in [0.2, 0.25) is 0 Å². The van der Waals surface area contributed by atoms with Crippen molar-refractivity contribution in [1.29, 1.82) is 0 Å². The van der Waals surface area contributed by atoms with Gasteiger partial charge in [-0.3, -0.25) is 4.99 Å². The van der Waals surface area contributed by atoms with Gasteiger partial charge in [0.15, 0.2) is 11.5 Å². The van der Waals surface area contributed by atoms with E-state index in [1.165, 1.54) is 6.20 Å². The Morgan fingerprint density at radius 2 is 2.13 bits per heavy atom. The van der Waals surface area contributed by atoms with Crippen molar-refractivity contribution in [2.24, 2.45) is 4.99 Å². The highest BCUT2D eigenvalue weighted by atomic mass is 16.7. The molecule has 15 heavy (non-hydrogen) atoms. The molecule has 0 unspecified atom stereocenters. The molecule has 78 valence electrons. The van der Waals surface area contributed by atoms with Gasteiger partial charge in [0.25, 0.3) is 0 Å². The van der Waals surface area contributed by atoms with E-state index in [9.17, 15) is 5.11 Å². The number of ether oxygens (including phenoxy) is 2. The average molecular weight is 206 g/mol. The minimum Gasteiger partial charge on any atom is -0.506 e. The molecule has 0 amide bonds. The molecule has 0 bridgehead atoms. The fourth-order valence-electron chi connectivity index (χ4n) is 1.34. The van der Waals surface area contributed by atoms with Crippen LogP contribution in [-0.2, 0) is 0 Å². The molecule has 2 rings (SSSR count). The minimum absolute atomic E-state index is 0.0548. The van der Waals surface area contributed by atoms with Crippen molar-refractivity contribution in [3.05, 3.63) is 23.9 Å². The SMILES string of the molecule is C=N/C=C(/O)c1cc2c(cc1N)OCO2. The van der Waals surface area contributed by atoms with Gasteiger partial charge in [-0.25, -0.2) is 0 Å². The van der Waals surface area contributed by atoms with Crippen LogP contribution < -0.4 is 15.2 Å². The van der Waals surface area contributed by atoms with Crippen LogP contribution in [0, 0.1) is 0 Å². The van der Waals surface area contributed by atoms with Crippen LogP contribution in [0.25, 0.3) is 5.76 Å². The molecule has 1 aromatic rings. The maximum Gasteiger partial charge on any atom is 0.231 e. The summed E-state index contributed by atoms with van der Waals surface area (Å²) in [4.78, 5) is 3.46. The van der Waals surface area contributed by atoms with Crippen LogP contribution in [0.4, 0.5) is 5.69 Å². The number of aliphatic hydroxyl groups is 1. The minimum atomic E-state index is -0.0548. The van der Waals surface area contributed by atoms with Crippen molar-refractivity contribution in [1.82, 2.24) is 0 Å². The molecule has 0 saturated carbocycles. The molecule has 0 aliphatic carbocycles. The summed E-state index contributed by atoms with van der Waals surface area (Å²) in [5, 5.41) is 9.58. The number of aliphatic imine (C=N–C) groups is 1. The summed E-state index contributed by atoms with van der Waals surface area (Å²) in [6.07, 6.45) is 1.22. The molecule has 0 saturated heterocycles. The molecule has 0 radical (unpaired) electrons. The van der Waals surface area contributed by atoms with Gasteiger partial charge in [-0.05, 0) is 12.8 Å². The number of benzene rings is 1. The first kappa shape index (κ1) is 9.39. The monoisotopic (exact) mass is 206 g/mol. The Balaban J connectivity index is 2.49.